The third-order valence-electron chi connectivity index (χ3n) is 3.57. The normalized spacial score (nSPS) is 19.1. The minimum Gasteiger partial charge on any atom is -0.496 e. The number of piperidine rings is 1. The highest BCUT2D eigenvalue weighted by molar-refractivity contribution is 5.76. The number of nitrogens with one attached hydrogen (secondary N) is 2. The Morgan fingerprint density at radius 2 is 2.32 bits per heavy atom. The van der Waals surface area contributed by atoms with Gasteiger partial charge >= 0.3 is 0 Å². The van der Waals surface area contributed by atoms with Crippen LogP contribution in [0.15, 0.2) is 6.20 Å². The van der Waals surface area contributed by atoms with Gasteiger partial charge in [0.1, 0.15) is 5.75 Å². The number of rotatable bonds is 4. The highest BCUT2D eigenvalue weighted by Crippen LogP contribution is 2.23. The van der Waals surface area contributed by atoms with E-state index in [-0.39, 0.29) is 5.91 Å². The van der Waals surface area contributed by atoms with Crippen LogP contribution in [0.5, 0.6) is 5.75 Å². The van der Waals surface area contributed by atoms with Crippen LogP contribution in [0, 0.1) is 13.8 Å². The van der Waals surface area contributed by atoms with Crippen molar-refractivity contribution in [3.05, 3.63) is 23.0 Å². The summed E-state index contributed by atoms with van der Waals surface area (Å²) in [7, 11) is 1.68. The van der Waals surface area contributed by atoms with Gasteiger partial charge in [-0.3, -0.25) is 9.78 Å². The van der Waals surface area contributed by atoms with Crippen molar-refractivity contribution in [2.24, 2.45) is 0 Å². The van der Waals surface area contributed by atoms with E-state index in [0.29, 0.717) is 25.6 Å². The minimum atomic E-state index is 0.143. The van der Waals surface area contributed by atoms with Crippen LogP contribution in [0.25, 0.3) is 0 Å². The molecule has 5 heteroatoms. The summed E-state index contributed by atoms with van der Waals surface area (Å²) in [6, 6.07) is 0.325. The van der Waals surface area contributed by atoms with Crippen molar-refractivity contribution < 1.29 is 9.53 Å². The van der Waals surface area contributed by atoms with Crippen molar-refractivity contribution in [1.29, 1.82) is 0 Å². The second-order valence-corrected chi connectivity index (χ2v) is 4.97. The number of hydrogen-bond donors (Lipinski definition) is 2. The van der Waals surface area contributed by atoms with Gasteiger partial charge in [0.05, 0.1) is 12.8 Å². The van der Waals surface area contributed by atoms with E-state index in [1.54, 1.807) is 7.11 Å². The van der Waals surface area contributed by atoms with E-state index in [4.69, 9.17) is 4.74 Å². The van der Waals surface area contributed by atoms with Gasteiger partial charge in [0.25, 0.3) is 0 Å². The molecule has 1 aromatic rings. The molecule has 2 N–H and O–H groups in total. The Kier molecular flexibility index (Phi) is 4.37. The maximum atomic E-state index is 11.1. The summed E-state index contributed by atoms with van der Waals surface area (Å²) in [5.74, 6) is 1.05. The van der Waals surface area contributed by atoms with Gasteiger partial charge in [-0.2, -0.15) is 0 Å². The first-order valence-electron chi connectivity index (χ1n) is 6.61. The van der Waals surface area contributed by atoms with Gasteiger partial charge in [-0.25, -0.2) is 0 Å². The average molecular weight is 263 g/mol. The molecule has 2 rings (SSSR count). The molecule has 1 amide bonds. The van der Waals surface area contributed by atoms with Crippen molar-refractivity contribution in [1.82, 2.24) is 15.6 Å². The lowest BCUT2D eigenvalue weighted by atomic mass is 10.1. The third kappa shape index (κ3) is 3.23. The van der Waals surface area contributed by atoms with E-state index in [2.05, 4.69) is 15.6 Å². The van der Waals surface area contributed by atoms with Crippen LogP contribution in [0.3, 0.4) is 0 Å². The lowest BCUT2D eigenvalue weighted by Gasteiger charge is -2.24. The first kappa shape index (κ1) is 13.8. The largest absolute Gasteiger partial charge is 0.496 e. The summed E-state index contributed by atoms with van der Waals surface area (Å²) in [6.45, 7) is 5.41. The molecule has 1 aromatic heterocycles. The fourth-order valence-corrected chi connectivity index (χ4v) is 2.40. The summed E-state index contributed by atoms with van der Waals surface area (Å²) in [6.07, 6.45) is 3.32. The van der Waals surface area contributed by atoms with Gasteiger partial charge in [-0.05, 0) is 20.3 Å². The molecular formula is C14H21N3O2. The second-order valence-electron chi connectivity index (χ2n) is 4.97. The Balaban J connectivity index is 1.98. The number of amides is 1. The number of methoxy groups -OCH3 is 1. The van der Waals surface area contributed by atoms with Crippen LogP contribution in [0.1, 0.15) is 29.7 Å². The predicted octanol–water partition coefficient (Wildman–Crippen LogP) is 1.08. The zero-order valence-electron chi connectivity index (χ0n) is 11.7. The third-order valence-corrected chi connectivity index (χ3v) is 3.57. The Bertz CT molecular complexity index is 464. The van der Waals surface area contributed by atoms with Gasteiger partial charge in [0, 0.05) is 42.9 Å². The van der Waals surface area contributed by atoms with Crippen LogP contribution in [-0.2, 0) is 11.3 Å². The quantitative estimate of drug-likeness (QED) is 0.853. The highest BCUT2D eigenvalue weighted by atomic mass is 16.5. The van der Waals surface area contributed by atoms with Gasteiger partial charge in [-0.15, -0.1) is 0 Å². The van der Waals surface area contributed by atoms with Crippen molar-refractivity contribution >= 4 is 5.91 Å². The van der Waals surface area contributed by atoms with E-state index in [0.717, 1.165) is 29.0 Å². The Morgan fingerprint density at radius 3 is 2.95 bits per heavy atom. The number of aryl methyl sites for hydroxylation is 1. The molecule has 1 saturated heterocycles. The molecule has 0 aromatic carbocycles. The van der Waals surface area contributed by atoms with Crippen molar-refractivity contribution in [2.45, 2.75) is 39.3 Å². The summed E-state index contributed by atoms with van der Waals surface area (Å²) in [4.78, 5) is 15.5. The molecule has 104 valence electrons. The van der Waals surface area contributed by atoms with Gasteiger partial charge in [-0.1, -0.05) is 0 Å². The number of carbonyl (C=O) groups excluding carboxylic acids is 1. The number of aromatic nitrogens is 1. The lowest BCUT2D eigenvalue weighted by Crippen LogP contribution is -2.45. The lowest BCUT2D eigenvalue weighted by molar-refractivity contribution is -0.122. The standard InChI is InChI=1S/C14H21N3O2/c1-9-6-16-12(10(2)14(9)19-3)8-15-11-4-5-13(18)17-7-11/h6,11,15H,4-5,7-8H2,1-3H3,(H,17,18). The number of carbonyl (C=O) groups is 1. The first-order chi connectivity index (χ1) is 9.11. The van der Waals surface area contributed by atoms with Crippen molar-refractivity contribution in [2.75, 3.05) is 13.7 Å². The molecule has 0 bridgehead atoms. The van der Waals surface area contributed by atoms with E-state index in [1.807, 2.05) is 20.0 Å². The number of ether oxygens (including phenoxy) is 1. The van der Waals surface area contributed by atoms with E-state index in [1.165, 1.54) is 0 Å². The maximum absolute atomic E-state index is 11.1. The SMILES string of the molecule is COc1c(C)cnc(CNC2CCC(=O)NC2)c1C. The molecule has 1 aliphatic heterocycles. The molecule has 2 heterocycles. The molecule has 1 unspecified atom stereocenters. The fraction of sp³-hybridized carbons (Fsp3) is 0.571. The average Bonchev–Trinajstić information content (AvgIpc) is 2.40. The van der Waals surface area contributed by atoms with Crippen molar-refractivity contribution in [3.63, 3.8) is 0 Å². The monoisotopic (exact) mass is 263 g/mol. The number of pyridine rings is 1. The molecule has 0 spiro atoms. The molecule has 19 heavy (non-hydrogen) atoms. The summed E-state index contributed by atoms with van der Waals surface area (Å²) < 4.78 is 5.40. The fourth-order valence-electron chi connectivity index (χ4n) is 2.40. The van der Waals surface area contributed by atoms with Crippen LogP contribution in [-0.4, -0.2) is 30.6 Å². The molecular weight excluding hydrogens is 242 g/mol. The zero-order chi connectivity index (χ0) is 13.8. The summed E-state index contributed by atoms with van der Waals surface area (Å²) >= 11 is 0. The predicted molar refractivity (Wildman–Crippen MR) is 73.1 cm³/mol. The van der Waals surface area contributed by atoms with Crippen LogP contribution < -0.4 is 15.4 Å². The highest BCUT2D eigenvalue weighted by Gasteiger charge is 2.18. The smallest absolute Gasteiger partial charge is 0.220 e. The molecule has 5 nitrogen and oxygen atoms in total. The Morgan fingerprint density at radius 1 is 1.53 bits per heavy atom. The minimum absolute atomic E-state index is 0.143. The number of hydrogen-bond acceptors (Lipinski definition) is 4. The van der Waals surface area contributed by atoms with E-state index in [9.17, 15) is 4.79 Å². The molecule has 1 aliphatic rings. The van der Waals surface area contributed by atoms with E-state index >= 15 is 0 Å². The molecule has 1 fully saturated rings. The van der Waals surface area contributed by atoms with Crippen LogP contribution >= 0.6 is 0 Å². The molecule has 0 saturated carbocycles. The number of nitrogens with zero attached hydrogens (tertiary/aromatic N) is 1. The van der Waals surface area contributed by atoms with Gasteiger partial charge < -0.3 is 15.4 Å². The van der Waals surface area contributed by atoms with Crippen molar-refractivity contribution in [3.8, 4) is 5.75 Å². The summed E-state index contributed by atoms with van der Waals surface area (Å²) in [5.41, 5.74) is 3.13. The van der Waals surface area contributed by atoms with Crippen LogP contribution in [0.2, 0.25) is 0 Å². The first-order valence-corrected chi connectivity index (χ1v) is 6.61. The Hall–Kier alpha value is -1.62. The molecule has 1 atom stereocenters. The molecule has 0 aliphatic carbocycles. The maximum Gasteiger partial charge on any atom is 0.220 e. The van der Waals surface area contributed by atoms with Gasteiger partial charge in [0.2, 0.25) is 5.91 Å². The topological polar surface area (TPSA) is 63.2 Å². The van der Waals surface area contributed by atoms with E-state index < -0.39 is 0 Å². The molecule has 0 radical (unpaired) electrons. The zero-order valence-corrected chi connectivity index (χ0v) is 11.7. The second kappa shape index (κ2) is 6.02. The van der Waals surface area contributed by atoms with Gasteiger partial charge in [0.15, 0.2) is 0 Å². The van der Waals surface area contributed by atoms with Crippen LogP contribution in [0.4, 0.5) is 0 Å². The Labute approximate surface area is 113 Å². The summed E-state index contributed by atoms with van der Waals surface area (Å²) in [5, 5.41) is 6.31.